The van der Waals surface area contributed by atoms with Gasteiger partial charge in [-0.1, -0.05) is 12.1 Å². The van der Waals surface area contributed by atoms with Gasteiger partial charge in [-0.05, 0) is 48.5 Å². The first-order valence-corrected chi connectivity index (χ1v) is 12.2. The van der Waals surface area contributed by atoms with Gasteiger partial charge in [-0.15, -0.1) is 11.3 Å². The summed E-state index contributed by atoms with van der Waals surface area (Å²) >= 11 is 0.920. The molecule has 30 heavy (non-hydrogen) atoms. The number of carbonyl (C=O) groups excluding carboxylic acids is 1. The van der Waals surface area contributed by atoms with Crippen molar-refractivity contribution in [3.8, 4) is 0 Å². The molecule has 1 heterocycles. The molecule has 3 aromatic rings. The molecule has 0 unspecified atom stereocenters. The van der Waals surface area contributed by atoms with Crippen LogP contribution >= 0.6 is 11.3 Å². The minimum Gasteiger partial charge on any atom is -0.347 e. The van der Waals surface area contributed by atoms with Crippen LogP contribution in [-0.4, -0.2) is 22.7 Å². The second-order valence-electron chi connectivity index (χ2n) is 6.05. The van der Waals surface area contributed by atoms with Crippen LogP contribution in [0.4, 0.5) is 10.1 Å². The Balaban J connectivity index is 1.76. The summed E-state index contributed by atoms with van der Waals surface area (Å²) in [5.41, 5.74) is 0.0992. The van der Waals surface area contributed by atoms with Crippen molar-refractivity contribution in [3.05, 3.63) is 76.9 Å². The van der Waals surface area contributed by atoms with Crippen LogP contribution in [0.3, 0.4) is 0 Å². The molecule has 12 heteroatoms. The van der Waals surface area contributed by atoms with Gasteiger partial charge < -0.3 is 5.32 Å². The molecule has 0 aliphatic rings. The Kier molecular flexibility index (Phi) is 6.22. The largest absolute Gasteiger partial charge is 0.347 e. The number of primary sulfonamides is 1. The molecule has 0 aliphatic carbocycles. The summed E-state index contributed by atoms with van der Waals surface area (Å²) in [5.74, 6) is -1.15. The van der Waals surface area contributed by atoms with Gasteiger partial charge in [0.25, 0.3) is 15.9 Å². The lowest BCUT2D eigenvalue weighted by molar-refractivity contribution is 0.0952. The fourth-order valence-electron chi connectivity index (χ4n) is 2.46. The topological polar surface area (TPSA) is 135 Å². The third kappa shape index (κ3) is 5.21. The van der Waals surface area contributed by atoms with E-state index in [0.717, 1.165) is 35.6 Å². The summed E-state index contributed by atoms with van der Waals surface area (Å²) < 4.78 is 63.1. The summed E-state index contributed by atoms with van der Waals surface area (Å²) in [7, 11) is -7.86. The predicted molar refractivity (Wildman–Crippen MR) is 111 cm³/mol. The van der Waals surface area contributed by atoms with E-state index >= 15 is 0 Å². The number of benzene rings is 2. The Morgan fingerprint density at radius 2 is 1.63 bits per heavy atom. The molecular formula is C18H16FN3O5S3. The predicted octanol–water partition coefficient (Wildman–Crippen LogP) is 2.27. The van der Waals surface area contributed by atoms with E-state index in [1.807, 2.05) is 0 Å². The SMILES string of the molecule is NS(=O)(=O)c1ccc(CNC(=O)c2ccccc2NS(=O)(=O)c2ccc(F)cc2)s1. The number of halogens is 1. The number of nitrogens with two attached hydrogens (primary N) is 1. The van der Waals surface area contributed by atoms with Crippen molar-refractivity contribution < 1.29 is 26.0 Å². The lowest BCUT2D eigenvalue weighted by Crippen LogP contribution is -2.24. The average Bonchev–Trinajstić information content (AvgIpc) is 3.16. The van der Waals surface area contributed by atoms with Gasteiger partial charge >= 0.3 is 0 Å². The fraction of sp³-hybridized carbons (Fsp3) is 0.0556. The van der Waals surface area contributed by atoms with E-state index in [0.29, 0.717) is 4.88 Å². The maximum absolute atomic E-state index is 13.1. The zero-order valence-electron chi connectivity index (χ0n) is 15.2. The number of thiophene rings is 1. The van der Waals surface area contributed by atoms with Crippen LogP contribution in [0.1, 0.15) is 15.2 Å². The highest BCUT2D eigenvalue weighted by Gasteiger charge is 2.19. The minimum atomic E-state index is -4.04. The van der Waals surface area contributed by atoms with Gasteiger partial charge in [0.1, 0.15) is 10.0 Å². The molecule has 8 nitrogen and oxygen atoms in total. The molecular weight excluding hydrogens is 453 g/mol. The van der Waals surface area contributed by atoms with Crippen LogP contribution in [0.25, 0.3) is 0 Å². The number of para-hydroxylation sites is 1. The quantitative estimate of drug-likeness (QED) is 0.488. The van der Waals surface area contributed by atoms with Crippen molar-refractivity contribution in [2.75, 3.05) is 4.72 Å². The standard InChI is InChI=1S/C18H16FN3O5S3/c19-12-5-8-14(9-6-12)30(26,27)22-16-4-2-1-3-15(16)18(23)21-11-13-7-10-17(28-13)29(20,24)25/h1-10,22H,11H2,(H,21,23)(H2,20,24,25). The summed E-state index contributed by atoms with van der Waals surface area (Å²) in [4.78, 5) is 13.0. The first-order valence-electron chi connectivity index (χ1n) is 8.33. The van der Waals surface area contributed by atoms with Crippen LogP contribution < -0.4 is 15.2 Å². The molecule has 0 radical (unpaired) electrons. The number of carbonyl (C=O) groups is 1. The van der Waals surface area contributed by atoms with E-state index in [2.05, 4.69) is 10.0 Å². The molecule has 0 atom stereocenters. The molecule has 0 fully saturated rings. The molecule has 3 rings (SSSR count). The number of amides is 1. The fourth-order valence-corrected chi connectivity index (χ4v) is 5.25. The maximum Gasteiger partial charge on any atom is 0.261 e. The highest BCUT2D eigenvalue weighted by molar-refractivity contribution is 7.92. The molecule has 0 spiro atoms. The zero-order valence-corrected chi connectivity index (χ0v) is 17.7. The van der Waals surface area contributed by atoms with Crippen LogP contribution in [0.5, 0.6) is 0 Å². The maximum atomic E-state index is 13.1. The average molecular weight is 470 g/mol. The van der Waals surface area contributed by atoms with Crippen molar-refractivity contribution in [1.82, 2.24) is 5.32 Å². The van der Waals surface area contributed by atoms with Gasteiger partial charge in [0.15, 0.2) is 0 Å². The Hall–Kier alpha value is -2.80. The van der Waals surface area contributed by atoms with Crippen molar-refractivity contribution in [2.24, 2.45) is 5.14 Å². The third-order valence-corrected chi connectivity index (χ3v) is 7.79. The number of hydrogen-bond donors (Lipinski definition) is 3. The van der Waals surface area contributed by atoms with E-state index in [-0.39, 0.29) is 26.9 Å². The van der Waals surface area contributed by atoms with Gasteiger partial charge in [-0.2, -0.15) is 0 Å². The number of rotatable bonds is 7. The van der Waals surface area contributed by atoms with Crippen molar-refractivity contribution >= 4 is 43.0 Å². The van der Waals surface area contributed by atoms with E-state index in [1.165, 1.54) is 24.3 Å². The second-order valence-corrected chi connectivity index (χ2v) is 10.7. The lowest BCUT2D eigenvalue weighted by atomic mass is 10.1. The number of anilines is 1. The third-order valence-electron chi connectivity index (χ3n) is 3.88. The monoisotopic (exact) mass is 469 g/mol. The van der Waals surface area contributed by atoms with Crippen LogP contribution in [0, 0.1) is 5.82 Å². The van der Waals surface area contributed by atoms with Crippen LogP contribution in [-0.2, 0) is 26.6 Å². The van der Waals surface area contributed by atoms with Gasteiger partial charge in [0.2, 0.25) is 10.0 Å². The Morgan fingerprint density at radius 3 is 2.27 bits per heavy atom. The Morgan fingerprint density at radius 1 is 0.967 bits per heavy atom. The smallest absolute Gasteiger partial charge is 0.261 e. The zero-order chi connectivity index (χ0) is 21.9. The molecule has 0 saturated heterocycles. The van der Waals surface area contributed by atoms with E-state index < -0.39 is 31.8 Å². The number of hydrogen-bond acceptors (Lipinski definition) is 6. The van der Waals surface area contributed by atoms with Crippen LogP contribution in [0.15, 0.2) is 69.8 Å². The lowest BCUT2D eigenvalue weighted by Gasteiger charge is -2.12. The summed E-state index contributed by atoms with van der Waals surface area (Å²) in [6.07, 6.45) is 0. The van der Waals surface area contributed by atoms with Crippen molar-refractivity contribution in [2.45, 2.75) is 15.6 Å². The summed E-state index contributed by atoms with van der Waals surface area (Å²) in [6, 6.07) is 13.1. The normalized spacial score (nSPS) is 11.8. The first kappa shape index (κ1) is 21.9. The molecule has 1 amide bonds. The van der Waals surface area contributed by atoms with E-state index in [1.54, 1.807) is 12.1 Å². The van der Waals surface area contributed by atoms with Gasteiger partial charge in [0, 0.05) is 4.88 Å². The highest BCUT2D eigenvalue weighted by Crippen LogP contribution is 2.22. The van der Waals surface area contributed by atoms with Gasteiger partial charge in [-0.3, -0.25) is 9.52 Å². The second kappa shape index (κ2) is 8.52. The van der Waals surface area contributed by atoms with Crippen molar-refractivity contribution in [3.63, 3.8) is 0 Å². The molecule has 0 aliphatic heterocycles. The Labute approximate surface area is 176 Å². The minimum absolute atomic E-state index is 0.0259. The molecule has 1 aromatic heterocycles. The molecule has 4 N–H and O–H groups in total. The van der Waals surface area contributed by atoms with E-state index in [4.69, 9.17) is 5.14 Å². The molecule has 2 aromatic carbocycles. The van der Waals surface area contributed by atoms with Crippen molar-refractivity contribution in [1.29, 1.82) is 0 Å². The molecule has 0 saturated carbocycles. The van der Waals surface area contributed by atoms with Crippen LogP contribution in [0.2, 0.25) is 0 Å². The number of nitrogens with one attached hydrogen (secondary N) is 2. The molecule has 0 bridgehead atoms. The molecule has 158 valence electrons. The van der Waals surface area contributed by atoms with E-state index in [9.17, 15) is 26.0 Å². The highest BCUT2D eigenvalue weighted by atomic mass is 32.2. The first-order chi connectivity index (χ1) is 14.1. The summed E-state index contributed by atoms with van der Waals surface area (Å²) in [5, 5.41) is 7.67. The van der Waals surface area contributed by atoms with Gasteiger partial charge in [0.05, 0.1) is 22.7 Å². The van der Waals surface area contributed by atoms with Gasteiger partial charge in [-0.25, -0.2) is 26.4 Å². The Bertz CT molecular complexity index is 1290. The number of sulfonamides is 2. The summed E-state index contributed by atoms with van der Waals surface area (Å²) in [6.45, 7) is 0.0259.